The molecule has 10 heteroatoms. The molecule has 1 aromatic heterocycles. The fraction of sp³-hybridized carbons (Fsp3) is 0.188. The summed E-state index contributed by atoms with van der Waals surface area (Å²) in [5, 5.41) is 11.5. The Hall–Kier alpha value is -2.43. The average Bonchev–Trinajstić information content (AvgIpc) is 3.04. The highest BCUT2D eigenvalue weighted by Gasteiger charge is 2.30. The van der Waals surface area contributed by atoms with Crippen LogP contribution in [0.2, 0.25) is 0 Å². The predicted molar refractivity (Wildman–Crippen MR) is 96.0 cm³/mol. The molecule has 0 aliphatic rings. The molecule has 7 nitrogen and oxygen atoms in total. The zero-order valence-corrected chi connectivity index (χ0v) is 15.4. The van der Waals surface area contributed by atoms with Crippen LogP contribution in [0.3, 0.4) is 0 Å². The maximum atomic E-state index is 13.5. The lowest BCUT2D eigenvalue weighted by molar-refractivity contribution is -0.387. The number of nitrogens with zero attached hydrogens (tertiary/aromatic N) is 3. The first-order chi connectivity index (χ1) is 12.2. The number of hydrogen-bond acceptors (Lipinski definition) is 6. The number of aromatic nitrogens is 1. The SMILES string of the molecule is C[C@@H](c1nc2ccccc2s1)N(C)S(=O)(=O)c1ccc(F)c([N+](=O)[O-])c1. The van der Waals surface area contributed by atoms with Crippen molar-refractivity contribution in [2.24, 2.45) is 0 Å². The smallest absolute Gasteiger partial charge is 0.258 e. The molecule has 0 spiro atoms. The zero-order chi connectivity index (χ0) is 19.1. The number of fused-ring (bicyclic) bond motifs is 1. The van der Waals surface area contributed by atoms with E-state index < -0.39 is 32.5 Å². The number of benzene rings is 2. The number of rotatable bonds is 5. The minimum Gasteiger partial charge on any atom is -0.258 e. The Kier molecular flexibility index (Phi) is 4.74. The minimum atomic E-state index is -4.07. The summed E-state index contributed by atoms with van der Waals surface area (Å²) in [5.74, 6) is -1.09. The Labute approximate surface area is 152 Å². The quantitative estimate of drug-likeness (QED) is 0.485. The van der Waals surface area contributed by atoms with Gasteiger partial charge in [0.25, 0.3) is 0 Å². The van der Waals surface area contributed by atoms with Crippen LogP contribution in [-0.2, 0) is 10.0 Å². The summed E-state index contributed by atoms with van der Waals surface area (Å²) in [6.45, 7) is 1.67. The van der Waals surface area contributed by atoms with Gasteiger partial charge in [0.2, 0.25) is 15.8 Å². The molecule has 0 saturated carbocycles. The fourth-order valence-corrected chi connectivity index (χ4v) is 4.87. The van der Waals surface area contributed by atoms with Crippen molar-refractivity contribution < 1.29 is 17.7 Å². The fourth-order valence-electron chi connectivity index (χ4n) is 2.39. The lowest BCUT2D eigenvalue weighted by Crippen LogP contribution is -2.29. The molecule has 26 heavy (non-hydrogen) atoms. The molecule has 1 heterocycles. The second-order valence-corrected chi connectivity index (χ2v) is 8.65. The number of nitro benzene ring substituents is 1. The Morgan fingerprint density at radius 3 is 2.62 bits per heavy atom. The molecule has 0 N–H and O–H groups in total. The molecule has 0 fully saturated rings. The lowest BCUT2D eigenvalue weighted by Gasteiger charge is -2.22. The van der Waals surface area contributed by atoms with E-state index in [1.165, 1.54) is 18.4 Å². The van der Waals surface area contributed by atoms with E-state index >= 15 is 0 Å². The second kappa shape index (κ2) is 6.71. The van der Waals surface area contributed by atoms with Gasteiger partial charge in [0.05, 0.1) is 26.1 Å². The molecule has 0 radical (unpaired) electrons. The third-order valence-electron chi connectivity index (χ3n) is 4.00. The van der Waals surface area contributed by atoms with Gasteiger partial charge in [-0.3, -0.25) is 10.1 Å². The molecule has 3 rings (SSSR count). The predicted octanol–water partition coefficient (Wildman–Crippen LogP) is 3.73. The van der Waals surface area contributed by atoms with Gasteiger partial charge in [-0.05, 0) is 31.2 Å². The van der Waals surface area contributed by atoms with Crippen LogP contribution in [0.25, 0.3) is 10.2 Å². The van der Waals surface area contributed by atoms with Gasteiger partial charge < -0.3 is 0 Å². The van der Waals surface area contributed by atoms with Crippen LogP contribution in [0, 0.1) is 15.9 Å². The minimum absolute atomic E-state index is 0.346. The van der Waals surface area contributed by atoms with E-state index in [9.17, 15) is 22.9 Å². The number of sulfonamides is 1. The highest BCUT2D eigenvalue weighted by molar-refractivity contribution is 7.89. The van der Waals surface area contributed by atoms with E-state index in [0.717, 1.165) is 32.7 Å². The summed E-state index contributed by atoms with van der Waals surface area (Å²) >= 11 is 1.37. The van der Waals surface area contributed by atoms with Crippen molar-refractivity contribution in [2.75, 3.05) is 7.05 Å². The largest absolute Gasteiger partial charge is 0.306 e. The van der Waals surface area contributed by atoms with Gasteiger partial charge in [0.1, 0.15) is 5.01 Å². The summed E-state index contributed by atoms with van der Waals surface area (Å²) in [6.07, 6.45) is 0. The van der Waals surface area contributed by atoms with Crippen molar-refractivity contribution in [3.63, 3.8) is 0 Å². The molecule has 2 aromatic carbocycles. The normalized spacial score (nSPS) is 13.2. The van der Waals surface area contributed by atoms with Gasteiger partial charge >= 0.3 is 5.69 Å². The van der Waals surface area contributed by atoms with E-state index in [-0.39, 0.29) is 4.90 Å². The number of hydrogen-bond donors (Lipinski definition) is 0. The van der Waals surface area contributed by atoms with Crippen LogP contribution in [0.15, 0.2) is 47.4 Å². The summed E-state index contributed by atoms with van der Waals surface area (Å²) in [4.78, 5) is 14.0. The average molecular weight is 395 g/mol. The number of para-hydroxylation sites is 1. The van der Waals surface area contributed by atoms with E-state index in [4.69, 9.17) is 0 Å². The molecule has 0 aliphatic carbocycles. The molecule has 1 atom stereocenters. The number of nitro groups is 1. The van der Waals surface area contributed by atoms with Crippen molar-refractivity contribution in [3.05, 3.63) is 63.4 Å². The molecule has 3 aromatic rings. The van der Waals surface area contributed by atoms with Crippen LogP contribution in [0.1, 0.15) is 18.0 Å². The first kappa shape index (κ1) is 18.4. The zero-order valence-electron chi connectivity index (χ0n) is 13.8. The molecular weight excluding hydrogens is 381 g/mol. The molecule has 0 saturated heterocycles. The van der Waals surface area contributed by atoms with Crippen molar-refractivity contribution in [1.29, 1.82) is 0 Å². The summed E-state index contributed by atoms with van der Waals surface area (Å²) in [6, 6.07) is 9.36. The second-order valence-electron chi connectivity index (χ2n) is 5.59. The standard InChI is InChI=1S/C16H14FN3O4S2/c1-10(16-18-13-5-3-4-6-15(13)25-16)19(2)26(23,24)11-7-8-12(17)14(9-11)20(21)22/h3-10H,1-2H3/t10-/m0/s1. The molecular formula is C16H14FN3O4S2. The van der Waals surface area contributed by atoms with Gasteiger partial charge in [-0.1, -0.05) is 12.1 Å². The Bertz CT molecular complexity index is 1060. The lowest BCUT2D eigenvalue weighted by atomic mass is 10.3. The molecule has 0 unspecified atom stereocenters. The Balaban J connectivity index is 1.98. The van der Waals surface area contributed by atoms with Crippen LogP contribution < -0.4 is 0 Å². The van der Waals surface area contributed by atoms with Crippen LogP contribution in [0.5, 0.6) is 0 Å². The van der Waals surface area contributed by atoms with Crippen LogP contribution in [0.4, 0.5) is 10.1 Å². The maximum absolute atomic E-state index is 13.5. The first-order valence-electron chi connectivity index (χ1n) is 7.49. The van der Waals surface area contributed by atoms with Crippen molar-refractivity contribution in [1.82, 2.24) is 9.29 Å². The van der Waals surface area contributed by atoms with Gasteiger partial charge in [-0.25, -0.2) is 13.4 Å². The van der Waals surface area contributed by atoms with Crippen LogP contribution in [-0.4, -0.2) is 29.7 Å². The monoisotopic (exact) mass is 395 g/mol. The molecule has 136 valence electrons. The highest BCUT2D eigenvalue weighted by atomic mass is 32.2. The topological polar surface area (TPSA) is 93.4 Å². The Morgan fingerprint density at radius 2 is 1.96 bits per heavy atom. The third-order valence-corrected chi connectivity index (χ3v) is 7.14. The number of thiazole rings is 1. The number of halogens is 1. The Morgan fingerprint density at radius 1 is 1.27 bits per heavy atom. The van der Waals surface area contributed by atoms with E-state index in [0.29, 0.717) is 5.01 Å². The molecule has 0 amide bonds. The van der Waals surface area contributed by atoms with Gasteiger partial charge in [0.15, 0.2) is 0 Å². The van der Waals surface area contributed by atoms with Crippen LogP contribution >= 0.6 is 11.3 Å². The third kappa shape index (κ3) is 3.18. The molecule has 0 bridgehead atoms. The van der Waals surface area contributed by atoms with E-state index in [2.05, 4.69) is 4.98 Å². The van der Waals surface area contributed by atoms with Crippen molar-refractivity contribution >= 4 is 37.3 Å². The van der Waals surface area contributed by atoms with Crippen molar-refractivity contribution in [3.8, 4) is 0 Å². The van der Waals surface area contributed by atoms with Gasteiger partial charge in [0, 0.05) is 13.1 Å². The highest BCUT2D eigenvalue weighted by Crippen LogP contribution is 2.32. The summed E-state index contributed by atoms with van der Waals surface area (Å²) in [5.41, 5.74) is -0.116. The van der Waals surface area contributed by atoms with Gasteiger partial charge in [-0.2, -0.15) is 8.70 Å². The van der Waals surface area contributed by atoms with Crippen molar-refractivity contribution in [2.45, 2.75) is 17.9 Å². The maximum Gasteiger partial charge on any atom is 0.306 e. The molecule has 0 aliphatic heterocycles. The summed E-state index contributed by atoms with van der Waals surface area (Å²) in [7, 11) is -2.71. The van der Waals surface area contributed by atoms with E-state index in [1.807, 2.05) is 24.3 Å². The summed E-state index contributed by atoms with van der Waals surface area (Å²) < 4.78 is 41.1. The van der Waals surface area contributed by atoms with Gasteiger partial charge in [-0.15, -0.1) is 11.3 Å². The first-order valence-corrected chi connectivity index (χ1v) is 9.75. The van der Waals surface area contributed by atoms with E-state index in [1.54, 1.807) is 6.92 Å².